The van der Waals surface area contributed by atoms with Gasteiger partial charge in [0.2, 0.25) is 5.91 Å². The van der Waals surface area contributed by atoms with E-state index < -0.39 is 5.97 Å². The van der Waals surface area contributed by atoms with Crippen molar-refractivity contribution in [3.63, 3.8) is 0 Å². The van der Waals surface area contributed by atoms with Crippen molar-refractivity contribution < 1.29 is 19.5 Å². The number of amides is 3. The number of carbonyl (C=O) groups is 3. The second-order valence-corrected chi connectivity index (χ2v) is 5.56. The quantitative estimate of drug-likeness (QED) is 0.714. The van der Waals surface area contributed by atoms with Gasteiger partial charge in [0.15, 0.2) is 0 Å². The number of hydrogen-bond donors (Lipinski definition) is 3. The summed E-state index contributed by atoms with van der Waals surface area (Å²) in [6, 6.07) is 6.84. The summed E-state index contributed by atoms with van der Waals surface area (Å²) in [5.74, 6) is -1.08. The van der Waals surface area contributed by atoms with Crippen LogP contribution in [0.25, 0.3) is 0 Å². The highest BCUT2D eigenvalue weighted by Gasteiger charge is 2.10. The van der Waals surface area contributed by atoms with Crippen LogP contribution in [0.2, 0.25) is 0 Å². The fourth-order valence-electron chi connectivity index (χ4n) is 1.67. The summed E-state index contributed by atoms with van der Waals surface area (Å²) in [6.45, 7) is 4.12. The van der Waals surface area contributed by atoms with Gasteiger partial charge in [-0.15, -0.1) is 0 Å². The van der Waals surface area contributed by atoms with Crippen LogP contribution in [0.15, 0.2) is 24.3 Å². The molecule has 0 aliphatic heterocycles. The van der Waals surface area contributed by atoms with Gasteiger partial charge in [-0.2, -0.15) is 0 Å². The molecule has 0 saturated carbocycles. The first-order chi connectivity index (χ1) is 10.8. The van der Waals surface area contributed by atoms with Gasteiger partial charge in [0.05, 0.1) is 6.42 Å². The number of aliphatic carboxylic acids is 1. The van der Waals surface area contributed by atoms with Crippen molar-refractivity contribution in [2.45, 2.75) is 26.8 Å². The van der Waals surface area contributed by atoms with E-state index in [1.807, 2.05) is 26.0 Å². The lowest BCUT2D eigenvalue weighted by molar-refractivity contribution is -0.137. The molecule has 3 amide bonds. The normalized spacial score (nSPS) is 10.3. The summed E-state index contributed by atoms with van der Waals surface area (Å²) >= 11 is 0. The van der Waals surface area contributed by atoms with Gasteiger partial charge < -0.3 is 20.6 Å². The monoisotopic (exact) mass is 321 g/mol. The molecule has 0 bridgehead atoms. The number of carboxylic acids is 1. The summed E-state index contributed by atoms with van der Waals surface area (Å²) in [5, 5.41) is 14.1. The van der Waals surface area contributed by atoms with Gasteiger partial charge in [0, 0.05) is 31.7 Å². The molecular formula is C16H23N3O4. The molecule has 0 fully saturated rings. The highest BCUT2D eigenvalue weighted by Crippen LogP contribution is 2.11. The number of benzene rings is 1. The number of hydrogen-bond acceptors (Lipinski definition) is 3. The lowest BCUT2D eigenvalue weighted by Gasteiger charge is -2.17. The van der Waals surface area contributed by atoms with Crippen molar-refractivity contribution in [3.8, 4) is 0 Å². The van der Waals surface area contributed by atoms with Crippen molar-refractivity contribution in [2.24, 2.45) is 5.92 Å². The Balaban J connectivity index is 2.44. The van der Waals surface area contributed by atoms with Crippen LogP contribution >= 0.6 is 0 Å². The van der Waals surface area contributed by atoms with Gasteiger partial charge in [0.25, 0.3) is 0 Å². The largest absolute Gasteiger partial charge is 0.481 e. The zero-order valence-corrected chi connectivity index (χ0v) is 13.6. The lowest BCUT2D eigenvalue weighted by Crippen LogP contribution is -2.37. The molecule has 1 aromatic carbocycles. The molecule has 1 rings (SSSR count). The summed E-state index contributed by atoms with van der Waals surface area (Å²) < 4.78 is 0. The number of carbonyl (C=O) groups excluding carboxylic acids is 2. The molecule has 0 aromatic heterocycles. The van der Waals surface area contributed by atoms with Crippen molar-refractivity contribution in [1.82, 2.24) is 10.2 Å². The number of anilines is 1. The van der Waals surface area contributed by atoms with Crippen LogP contribution in [0.4, 0.5) is 10.5 Å². The van der Waals surface area contributed by atoms with Crippen molar-refractivity contribution in [1.29, 1.82) is 0 Å². The van der Waals surface area contributed by atoms with Gasteiger partial charge >= 0.3 is 12.0 Å². The van der Waals surface area contributed by atoms with E-state index in [1.54, 1.807) is 19.2 Å². The molecule has 3 N–H and O–H groups in total. The molecule has 0 aliphatic carbocycles. The molecule has 7 heteroatoms. The number of nitrogens with zero attached hydrogens (tertiary/aromatic N) is 1. The van der Waals surface area contributed by atoms with E-state index in [4.69, 9.17) is 5.11 Å². The highest BCUT2D eigenvalue weighted by molar-refractivity contribution is 5.92. The fraction of sp³-hybridized carbons (Fsp3) is 0.438. The molecule has 0 spiro atoms. The Hall–Kier alpha value is -2.57. The van der Waals surface area contributed by atoms with E-state index in [0.717, 1.165) is 5.56 Å². The zero-order valence-electron chi connectivity index (χ0n) is 13.6. The lowest BCUT2D eigenvalue weighted by atomic mass is 10.1. The van der Waals surface area contributed by atoms with Gasteiger partial charge in [-0.25, -0.2) is 4.79 Å². The van der Waals surface area contributed by atoms with Crippen LogP contribution in [-0.2, 0) is 16.1 Å². The van der Waals surface area contributed by atoms with Crippen LogP contribution < -0.4 is 10.6 Å². The maximum atomic E-state index is 11.8. The second-order valence-electron chi connectivity index (χ2n) is 5.56. The molecule has 1 aromatic rings. The van der Waals surface area contributed by atoms with Crippen LogP contribution in [0.3, 0.4) is 0 Å². The topological polar surface area (TPSA) is 98.7 Å². The molecule has 23 heavy (non-hydrogen) atoms. The van der Waals surface area contributed by atoms with Crippen LogP contribution in [0, 0.1) is 5.92 Å². The first-order valence-electron chi connectivity index (χ1n) is 7.40. The third kappa shape index (κ3) is 6.82. The molecule has 0 aliphatic rings. The van der Waals surface area contributed by atoms with Crippen molar-refractivity contribution in [3.05, 3.63) is 29.8 Å². The van der Waals surface area contributed by atoms with Crippen LogP contribution in [-0.4, -0.2) is 41.5 Å². The highest BCUT2D eigenvalue weighted by atomic mass is 16.4. The Morgan fingerprint density at radius 2 is 1.78 bits per heavy atom. The van der Waals surface area contributed by atoms with Gasteiger partial charge in [0.1, 0.15) is 0 Å². The number of rotatable bonds is 7. The second kappa shape index (κ2) is 8.77. The minimum absolute atomic E-state index is 0.0499. The van der Waals surface area contributed by atoms with E-state index >= 15 is 0 Å². The average Bonchev–Trinajstić information content (AvgIpc) is 2.51. The molecule has 7 nitrogen and oxygen atoms in total. The third-order valence-electron chi connectivity index (χ3n) is 3.20. The van der Waals surface area contributed by atoms with E-state index in [-0.39, 0.29) is 30.8 Å². The summed E-state index contributed by atoms with van der Waals surface area (Å²) in [6.07, 6.45) is -0.0891. The average molecular weight is 321 g/mol. The van der Waals surface area contributed by atoms with Gasteiger partial charge in [-0.1, -0.05) is 26.0 Å². The minimum atomic E-state index is -0.941. The Kier molecular flexibility index (Phi) is 7.05. The number of urea groups is 1. The van der Waals surface area contributed by atoms with E-state index in [9.17, 15) is 14.4 Å². The first-order valence-corrected chi connectivity index (χ1v) is 7.40. The first kappa shape index (κ1) is 18.5. The Bertz CT molecular complexity index is 555. The smallest absolute Gasteiger partial charge is 0.317 e. The third-order valence-corrected chi connectivity index (χ3v) is 3.20. The maximum absolute atomic E-state index is 11.8. The molecule has 126 valence electrons. The SMILES string of the molecule is CC(C)C(=O)Nc1ccc(CNC(=O)N(C)CCC(=O)O)cc1. The van der Waals surface area contributed by atoms with Gasteiger partial charge in [-0.3, -0.25) is 9.59 Å². The number of nitrogens with one attached hydrogen (secondary N) is 2. The van der Waals surface area contributed by atoms with Crippen LogP contribution in [0.1, 0.15) is 25.8 Å². The van der Waals surface area contributed by atoms with E-state index in [1.165, 1.54) is 4.90 Å². The van der Waals surface area contributed by atoms with E-state index in [2.05, 4.69) is 10.6 Å². The summed E-state index contributed by atoms with van der Waals surface area (Å²) in [4.78, 5) is 35.2. The minimum Gasteiger partial charge on any atom is -0.481 e. The van der Waals surface area contributed by atoms with Crippen molar-refractivity contribution >= 4 is 23.6 Å². The Labute approximate surface area is 135 Å². The van der Waals surface area contributed by atoms with Gasteiger partial charge in [-0.05, 0) is 17.7 Å². The zero-order chi connectivity index (χ0) is 17.4. The maximum Gasteiger partial charge on any atom is 0.317 e. The summed E-state index contributed by atoms with van der Waals surface area (Å²) in [7, 11) is 1.54. The molecule has 0 atom stereocenters. The van der Waals surface area contributed by atoms with E-state index in [0.29, 0.717) is 12.2 Å². The number of carboxylic acid groups (broad SMARTS) is 1. The molecule has 0 radical (unpaired) electrons. The molecular weight excluding hydrogens is 298 g/mol. The Morgan fingerprint density at radius 3 is 2.30 bits per heavy atom. The molecule has 0 heterocycles. The predicted octanol–water partition coefficient (Wildman–Crippen LogP) is 1.90. The fourth-order valence-corrected chi connectivity index (χ4v) is 1.67. The standard InChI is InChI=1S/C16H23N3O4/c1-11(2)15(22)18-13-6-4-12(5-7-13)10-17-16(23)19(3)9-8-14(20)21/h4-7,11H,8-10H2,1-3H3,(H,17,23)(H,18,22)(H,20,21). The molecule has 0 unspecified atom stereocenters. The molecule has 0 saturated heterocycles. The Morgan fingerprint density at radius 1 is 1.17 bits per heavy atom. The predicted molar refractivity (Wildman–Crippen MR) is 87.0 cm³/mol. The summed E-state index contributed by atoms with van der Waals surface area (Å²) in [5.41, 5.74) is 1.59. The van der Waals surface area contributed by atoms with Crippen LogP contribution in [0.5, 0.6) is 0 Å². The van der Waals surface area contributed by atoms with Crippen molar-refractivity contribution in [2.75, 3.05) is 18.9 Å².